The molecule has 0 radical (unpaired) electrons. The molecule has 0 fully saturated rings. The summed E-state index contributed by atoms with van der Waals surface area (Å²) in [5.41, 5.74) is 0.393. The monoisotopic (exact) mass is 506 g/mol. The van der Waals surface area contributed by atoms with Gasteiger partial charge in [0, 0.05) is 23.7 Å². The molecule has 2 atom stereocenters. The molecule has 10 heteroatoms. The number of carbonyl (C=O) groups is 3. The second-order valence-electron chi connectivity index (χ2n) is 9.66. The SMILES string of the molecule is Cc1ccc(C(C)NCC(NC(=O)CNC(=O)c2cccc(C(F)(F)F)c2)C(=O)NC(C)(C)C)cc1. The Bertz CT molecular complexity index is 1060. The molecule has 0 aliphatic rings. The number of hydrogen-bond donors (Lipinski definition) is 4. The zero-order valence-corrected chi connectivity index (χ0v) is 21.0. The summed E-state index contributed by atoms with van der Waals surface area (Å²) < 4.78 is 38.7. The van der Waals surface area contributed by atoms with Crippen LogP contribution in [0.2, 0.25) is 0 Å². The van der Waals surface area contributed by atoms with E-state index in [-0.39, 0.29) is 18.2 Å². The van der Waals surface area contributed by atoms with E-state index >= 15 is 0 Å². The van der Waals surface area contributed by atoms with Crippen LogP contribution < -0.4 is 21.3 Å². The minimum Gasteiger partial charge on any atom is -0.350 e. The van der Waals surface area contributed by atoms with Gasteiger partial charge in [0.25, 0.3) is 5.91 Å². The molecule has 0 saturated carbocycles. The quantitative estimate of drug-likeness (QED) is 0.418. The van der Waals surface area contributed by atoms with Crippen LogP contribution in [0.15, 0.2) is 48.5 Å². The molecule has 0 bridgehead atoms. The van der Waals surface area contributed by atoms with Gasteiger partial charge in [-0.25, -0.2) is 0 Å². The zero-order chi connectivity index (χ0) is 27.1. The van der Waals surface area contributed by atoms with Crippen molar-refractivity contribution in [1.82, 2.24) is 21.3 Å². The summed E-state index contributed by atoms with van der Waals surface area (Å²) in [7, 11) is 0. The Morgan fingerprint density at radius 3 is 2.19 bits per heavy atom. The van der Waals surface area contributed by atoms with Crippen LogP contribution in [-0.4, -0.2) is 42.4 Å². The third kappa shape index (κ3) is 9.33. The van der Waals surface area contributed by atoms with E-state index in [4.69, 9.17) is 0 Å². The summed E-state index contributed by atoms with van der Waals surface area (Å²) in [6, 6.07) is 10.7. The van der Waals surface area contributed by atoms with Crippen molar-refractivity contribution in [2.24, 2.45) is 0 Å². The number of carbonyl (C=O) groups excluding carboxylic acids is 3. The minimum absolute atomic E-state index is 0.104. The van der Waals surface area contributed by atoms with E-state index in [1.165, 1.54) is 6.07 Å². The highest BCUT2D eigenvalue weighted by Gasteiger charge is 2.31. The van der Waals surface area contributed by atoms with Crippen LogP contribution in [-0.2, 0) is 15.8 Å². The average molecular weight is 507 g/mol. The summed E-state index contributed by atoms with van der Waals surface area (Å²) in [5, 5.41) is 10.9. The molecule has 0 heterocycles. The van der Waals surface area contributed by atoms with Gasteiger partial charge >= 0.3 is 6.18 Å². The maximum absolute atomic E-state index is 12.9. The number of aryl methyl sites for hydroxylation is 1. The third-order valence-electron chi connectivity index (χ3n) is 5.22. The van der Waals surface area contributed by atoms with Gasteiger partial charge in [-0.2, -0.15) is 13.2 Å². The number of halogens is 3. The molecule has 2 aromatic carbocycles. The highest BCUT2D eigenvalue weighted by molar-refractivity contribution is 5.97. The fourth-order valence-corrected chi connectivity index (χ4v) is 3.28. The van der Waals surface area contributed by atoms with E-state index < -0.39 is 47.6 Å². The van der Waals surface area contributed by atoms with Crippen molar-refractivity contribution in [2.45, 2.75) is 58.4 Å². The van der Waals surface area contributed by atoms with Crippen LogP contribution in [0.4, 0.5) is 13.2 Å². The smallest absolute Gasteiger partial charge is 0.350 e. The lowest BCUT2D eigenvalue weighted by atomic mass is 10.1. The Hall–Kier alpha value is -3.40. The molecule has 2 aromatic rings. The van der Waals surface area contributed by atoms with Crippen LogP contribution in [0.3, 0.4) is 0 Å². The standard InChI is InChI=1S/C26H33F3N4O3/c1-16-9-11-18(12-10-16)17(2)30-14-21(24(36)33-25(3,4)5)32-22(34)15-31-23(35)19-7-6-8-20(13-19)26(27,28)29/h6-13,17,21,30H,14-15H2,1-5H3,(H,31,35)(H,32,34)(H,33,36). The Labute approximate surface area is 209 Å². The van der Waals surface area contributed by atoms with Gasteiger partial charge in [0.2, 0.25) is 11.8 Å². The molecule has 0 aromatic heterocycles. The zero-order valence-electron chi connectivity index (χ0n) is 21.0. The summed E-state index contributed by atoms with van der Waals surface area (Å²) in [6.07, 6.45) is -4.59. The van der Waals surface area contributed by atoms with E-state index in [0.29, 0.717) is 6.07 Å². The highest BCUT2D eigenvalue weighted by atomic mass is 19.4. The predicted molar refractivity (Wildman–Crippen MR) is 131 cm³/mol. The van der Waals surface area contributed by atoms with Crippen LogP contribution in [0.1, 0.15) is 60.8 Å². The summed E-state index contributed by atoms with van der Waals surface area (Å²) >= 11 is 0. The van der Waals surface area contributed by atoms with E-state index in [1.807, 2.05) is 38.1 Å². The van der Waals surface area contributed by atoms with Gasteiger partial charge in [0.05, 0.1) is 12.1 Å². The van der Waals surface area contributed by atoms with Gasteiger partial charge in [0.15, 0.2) is 0 Å². The molecule has 196 valence electrons. The number of nitrogens with one attached hydrogen (secondary N) is 4. The number of benzene rings is 2. The van der Waals surface area contributed by atoms with Crippen molar-refractivity contribution in [2.75, 3.05) is 13.1 Å². The minimum atomic E-state index is -4.59. The second-order valence-corrected chi connectivity index (χ2v) is 9.66. The van der Waals surface area contributed by atoms with Gasteiger partial charge < -0.3 is 21.3 Å². The molecule has 0 spiro atoms. The first kappa shape index (κ1) is 28.8. The van der Waals surface area contributed by atoms with Crippen molar-refractivity contribution in [3.63, 3.8) is 0 Å². The molecular formula is C26H33F3N4O3. The molecule has 0 aliphatic heterocycles. The molecule has 0 saturated heterocycles. The molecule has 4 N–H and O–H groups in total. The van der Waals surface area contributed by atoms with E-state index in [0.717, 1.165) is 23.3 Å². The van der Waals surface area contributed by atoms with Gasteiger partial charge in [-0.1, -0.05) is 35.9 Å². The van der Waals surface area contributed by atoms with E-state index in [2.05, 4.69) is 21.3 Å². The maximum Gasteiger partial charge on any atom is 0.416 e. The Kier molecular flexibility index (Phi) is 9.63. The fraction of sp³-hybridized carbons (Fsp3) is 0.423. The normalized spacial score (nSPS) is 13.4. The molecule has 2 rings (SSSR count). The maximum atomic E-state index is 12.9. The van der Waals surface area contributed by atoms with Crippen molar-refractivity contribution in [1.29, 1.82) is 0 Å². The topological polar surface area (TPSA) is 99.3 Å². The Balaban J connectivity index is 2.01. The lowest BCUT2D eigenvalue weighted by Gasteiger charge is -2.27. The predicted octanol–water partition coefficient (Wildman–Crippen LogP) is 3.49. The summed E-state index contributed by atoms with van der Waals surface area (Å²) in [4.78, 5) is 37.6. The highest BCUT2D eigenvalue weighted by Crippen LogP contribution is 2.29. The largest absolute Gasteiger partial charge is 0.416 e. The number of hydrogen-bond acceptors (Lipinski definition) is 4. The third-order valence-corrected chi connectivity index (χ3v) is 5.22. The average Bonchev–Trinajstić information content (AvgIpc) is 2.78. The van der Waals surface area contributed by atoms with Crippen molar-refractivity contribution < 1.29 is 27.6 Å². The molecule has 3 amide bonds. The summed E-state index contributed by atoms with van der Waals surface area (Å²) in [6.45, 7) is 8.94. The van der Waals surface area contributed by atoms with Gasteiger partial charge in [-0.05, 0) is 58.4 Å². The first-order chi connectivity index (χ1) is 16.7. The Morgan fingerprint density at radius 1 is 0.972 bits per heavy atom. The van der Waals surface area contributed by atoms with Crippen LogP contribution in [0.25, 0.3) is 0 Å². The lowest BCUT2D eigenvalue weighted by Crippen LogP contribution is -2.57. The number of alkyl halides is 3. The number of rotatable bonds is 9. The first-order valence-corrected chi connectivity index (χ1v) is 11.5. The van der Waals surface area contributed by atoms with Crippen LogP contribution in [0.5, 0.6) is 0 Å². The second kappa shape index (κ2) is 12.0. The van der Waals surface area contributed by atoms with Gasteiger partial charge in [0.1, 0.15) is 6.04 Å². The molecule has 0 aliphatic carbocycles. The van der Waals surface area contributed by atoms with Crippen molar-refractivity contribution >= 4 is 17.7 Å². The van der Waals surface area contributed by atoms with Gasteiger partial charge in [-0.3, -0.25) is 14.4 Å². The number of amides is 3. The van der Waals surface area contributed by atoms with E-state index in [9.17, 15) is 27.6 Å². The molecule has 36 heavy (non-hydrogen) atoms. The van der Waals surface area contributed by atoms with Crippen molar-refractivity contribution in [3.05, 3.63) is 70.8 Å². The molecule has 7 nitrogen and oxygen atoms in total. The van der Waals surface area contributed by atoms with E-state index in [1.54, 1.807) is 20.8 Å². The van der Waals surface area contributed by atoms with Crippen molar-refractivity contribution in [3.8, 4) is 0 Å². The van der Waals surface area contributed by atoms with Crippen LogP contribution in [0, 0.1) is 6.92 Å². The lowest BCUT2D eigenvalue weighted by molar-refractivity contribution is -0.137. The van der Waals surface area contributed by atoms with Gasteiger partial charge in [-0.15, -0.1) is 0 Å². The molecular weight excluding hydrogens is 473 g/mol. The van der Waals surface area contributed by atoms with Crippen LogP contribution >= 0.6 is 0 Å². The Morgan fingerprint density at radius 2 is 1.61 bits per heavy atom. The summed E-state index contributed by atoms with van der Waals surface area (Å²) in [5.74, 6) is -1.91. The fourth-order valence-electron chi connectivity index (χ4n) is 3.28. The molecule has 2 unspecified atom stereocenters. The first-order valence-electron chi connectivity index (χ1n) is 11.5.